The van der Waals surface area contributed by atoms with E-state index in [0.717, 1.165) is 22.0 Å². The first-order chi connectivity index (χ1) is 7.99. The predicted octanol–water partition coefficient (Wildman–Crippen LogP) is 3.62. The number of H-pyrrole nitrogens is 1. The number of aromatic nitrogens is 1. The first kappa shape index (κ1) is 11.7. The molecule has 0 unspecified atom stereocenters. The van der Waals surface area contributed by atoms with E-state index in [0.29, 0.717) is 5.15 Å². The third-order valence-corrected chi connectivity index (χ3v) is 2.94. The van der Waals surface area contributed by atoms with Crippen LogP contribution in [0, 0.1) is 6.92 Å². The summed E-state index contributed by atoms with van der Waals surface area (Å²) in [5.41, 5.74) is 3.00. The predicted molar refractivity (Wildman–Crippen MR) is 69.3 cm³/mol. The summed E-state index contributed by atoms with van der Waals surface area (Å²) < 4.78 is 0. The minimum atomic E-state index is -0.942. The lowest BCUT2D eigenvalue weighted by molar-refractivity contribution is -0.132. The Balaban J connectivity index is 2.68. The van der Waals surface area contributed by atoms with Crippen molar-refractivity contribution in [3.63, 3.8) is 0 Å². The van der Waals surface area contributed by atoms with Crippen molar-refractivity contribution in [3.05, 3.63) is 40.1 Å². The summed E-state index contributed by atoms with van der Waals surface area (Å²) in [4.78, 5) is 13.8. The average molecular weight is 250 g/mol. The molecule has 0 radical (unpaired) electrons. The molecule has 2 rings (SSSR count). The van der Waals surface area contributed by atoms with Crippen LogP contribution >= 0.6 is 11.6 Å². The van der Waals surface area contributed by atoms with Crippen LogP contribution < -0.4 is 0 Å². The number of aliphatic carboxylic acids is 1. The molecule has 3 nitrogen and oxygen atoms in total. The van der Waals surface area contributed by atoms with Gasteiger partial charge in [-0.3, -0.25) is 0 Å². The quantitative estimate of drug-likeness (QED) is 0.799. The summed E-state index contributed by atoms with van der Waals surface area (Å²) in [5.74, 6) is -0.942. The molecule has 0 fully saturated rings. The van der Waals surface area contributed by atoms with E-state index in [1.807, 2.05) is 25.1 Å². The smallest absolute Gasteiger partial charge is 0.331 e. The molecule has 88 valence electrons. The molecule has 0 bridgehead atoms. The van der Waals surface area contributed by atoms with Crippen LogP contribution in [-0.2, 0) is 4.79 Å². The molecule has 4 heteroatoms. The Bertz CT molecular complexity index is 626. The Morgan fingerprint density at radius 1 is 1.47 bits per heavy atom. The minimum Gasteiger partial charge on any atom is -0.478 e. The summed E-state index contributed by atoms with van der Waals surface area (Å²) in [5, 5.41) is 10.3. The SMILES string of the molecule is C/C(=C\c1c(Cl)[nH]c2ccc(C)cc12)C(=O)O. The lowest BCUT2D eigenvalue weighted by Gasteiger charge is -1.96. The van der Waals surface area contributed by atoms with E-state index in [-0.39, 0.29) is 5.57 Å². The molecule has 17 heavy (non-hydrogen) atoms. The third-order valence-electron chi connectivity index (χ3n) is 2.64. The number of nitrogens with one attached hydrogen (secondary N) is 1. The zero-order valence-electron chi connectivity index (χ0n) is 9.54. The second-order valence-corrected chi connectivity index (χ2v) is 4.41. The van der Waals surface area contributed by atoms with Gasteiger partial charge in [-0.25, -0.2) is 4.79 Å². The molecular formula is C13H12ClNO2. The van der Waals surface area contributed by atoms with Crippen molar-refractivity contribution in [1.29, 1.82) is 0 Å². The average Bonchev–Trinajstić information content (AvgIpc) is 2.55. The second kappa shape index (κ2) is 4.26. The van der Waals surface area contributed by atoms with Crippen LogP contribution in [0.2, 0.25) is 5.15 Å². The van der Waals surface area contributed by atoms with Crippen molar-refractivity contribution in [2.75, 3.05) is 0 Å². The standard InChI is InChI=1S/C13H12ClNO2/c1-7-3-4-11-9(5-7)10(12(14)15-11)6-8(2)13(16)17/h3-6,15H,1-2H3,(H,16,17)/b8-6+. The van der Waals surface area contributed by atoms with E-state index in [4.69, 9.17) is 16.7 Å². The van der Waals surface area contributed by atoms with Gasteiger partial charge in [-0.2, -0.15) is 0 Å². The number of carboxylic acids is 1. The van der Waals surface area contributed by atoms with Gasteiger partial charge in [0.15, 0.2) is 0 Å². The van der Waals surface area contributed by atoms with E-state index >= 15 is 0 Å². The van der Waals surface area contributed by atoms with Crippen molar-refractivity contribution >= 4 is 34.5 Å². The van der Waals surface area contributed by atoms with Crippen LogP contribution in [0.15, 0.2) is 23.8 Å². The number of hydrogen-bond donors (Lipinski definition) is 2. The van der Waals surface area contributed by atoms with E-state index in [1.165, 1.54) is 0 Å². The molecule has 0 spiro atoms. The maximum Gasteiger partial charge on any atom is 0.331 e. The number of carbonyl (C=O) groups is 1. The van der Waals surface area contributed by atoms with Gasteiger partial charge >= 0.3 is 5.97 Å². The molecule has 0 aliphatic heterocycles. The van der Waals surface area contributed by atoms with Crippen molar-refractivity contribution in [2.24, 2.45) is 0 Å². The van der Waals surface area contributed by atoms with E-state index in [1.54, 1.807) is 13.0 Å². The summed E-state index contributed by atoms with van der Waals surface area (Å²) in [6.07, 6.45) is 1.59. The van der Waals surface area contributed by atoms with Crippen LogP contribution in [0.3, 0.4) is 0 Å². The number of halogens is 1. The van der Waals surface area contributed by atoms with Crippen LogP contribution in [0.1, 0.15) is 18.1 Å². The lowest BCUT2D eigenvalue weighted by atomic mass is 10.1. The summed E-state index contributed by atoms with van der Waals surface area (Å²) in [7, 11) is 0. The molecule has 1 aromatic heterocycles. The van der Waals surface area contributed by atoms with Crippen molar-refractivity contribution in [1.82, 2.24) is 4.98 Å². The first-order valence-electron chi connectivity index (χ1n) is 5.18. The van der Waals surface area contributed by atoms with Gasteiger partial charge in [0.05, 0.1) is 0 Å². The second-order valence-electron chi connectivity index (χ2n) is 4.03. The number of rotatable bonds is 2. The van der Waals surface area contributed by atoms with Crippen LogP contribution in [0.5, 0.6) is 0 Å². The maximum absolute atomic E-state index is 10.8. The molecule has 0 saturated heterocycles. The fourth-order valence-electron chi connectivity index (χ4n) is 1.71. The number of fused-ring (bicyclic) bond motifs is 1. The van der Waals surface area contributed by atoms with Gasteiger partial charge in [0.1, 0.15) is 5.15 Å². The molecule has 0 aliphatic carbocycles. The highest BCUT2D eigenvalue weighted by molar-refractivity contribution is 6.32. The normalized spacial score (nSPS) is 12.1. The summed E-state index contributed by atoms with van der Waals surface area (Å²) in [6, 6.07) is 5.90. The van der Waals surface area contributed by atoms with Crippen LogP contribution in [-0.4, -0.2) is 16.1 Å². The van der Waals surface area contributed by atoms with Gasteiger partial charge in [-0.15, -0.1) is 0 Å². The van der Waals surface area contributed by atoms with Gasteiger partial charge in [0.2, 0.25) is 0 Å². The van der Waals surface area contributed by atoms with Gasteiger partial charge in [-0.05, 0) is 32.1 Å². The van der Waals surface area contributed by atoms with Gasteiger partial charge in [0, 0.05) is 22.0 Å². The molecule has 2 N–H and O–H groups in total. The largest absolute Gasteiger partial charge is 0.478 e. The first-order valence-corrected chi connectivity index (χ1v) is 5.56. The molecule has 0 atom stereocenters. The number of carboxylic acid groups (broad SMARTS) is 1. The van der Waals surface area contributed by atoms with Crippen LogP contribution in [0.25, 0.3) is 17.0 Å². The van der Waals surface area contributed by atoms with Crippen LogP contribution in [0.4, 0.5) is 0 Å². The zero-order chi connectivity index (χ0) is 12.6. The number of aromatic amines is 1. The van der Waals surface area contributed by atoms with Crippen molar-refractivity contribution in [2.45, 2.75) is 13.8 Å². The number of benzene rings is 1. The van der Waals surface area contributed by atoms with Gasteiger partial charge in [0.25, 0.3) is 0 Å². The molecule has 0 amide bonds. The molecule has 0 saturated carbocycles. The highest BCUT2D eigenvalue weighted by Gasteiger charge is 2.10. The molecule has 0 aliphatic rings. The zero-order valence-corrected chi connectivity index (χ0v) is 10.3. The summed E-state index contributed by atoms with van der Waals surface area (Å²) >= 11 is 6.08. The Kier molecular flexibility index (Phi) is 2.94. The molecule has 1 heterocycles. The van der Waals surface area contributed by atoms with Crippen molar-refractivity contribution < 1.29 is 9.90 Å². The Hall–Kier alpha value is -1.74. The van der Waals surface area contributed by atoms with Gasteiger partial charge < -0.3 is 10.1 Å². The Labute approximate surface area is 104 Å². The Morgan fingerprint density at radius 2 is 2.18 bits per heavy atom. The monoisotopic (exact) mass is 249 g/mol. The molecular weight excluding hydrogens is 238 g/mol. The highest BCUT2D eigenvalue weighted by Crippen LogP contribution is 2.29. The fourth-order valence-corrected chi connectivity index (χ4v) is 1.97. The minimum absolute atomic E-state index is 0.259. The Morgan fingerprint density at radius 3 is 2.82 bits per heavy atom. The molecule has 1 aromatic carbocycles. The van der Waals surface area contributed by atoms with E-state index < -0.39 is 5.97 Å². The number of aryl methyl sites for hydroxylation is 1. The lowest BCUT2D eigenvalue weighted by Crippen LogP contribution is -1.95. The molecule has 2 aromatic rings. The van der Waals surface area contributed by atoms with Crippen molar-refractivity contribution in [3.8, 4) is 0 Å². The number of hydrogen-bond acceptors (Lipinski definition) is 1. The highest BCUT2D eigenvalue weighted by atomic mass is 35.5. The van der Waals surface area contributed by atoms with E-state index in [9.17, 15) is 4.79 Å². The van der Waals surface area contributed by atoms with Gasteiger partial charge in [-0.1, -0.05) is 23.2 Å². The third kappa shape index (κ3) is 2.19. The fraction of sp³-hybridized carbons (Fsp3) is 0.154. The summed E-state index contributed by atoms with van der Waals surface area (Å²) in [6.45, 7) is 3.53. The van der Waals surface area contributed by atoms with E-state index in [2.05, 4.69) is 4.98 Å². The maximum atomic E-state index is 10.8. The topological polar surface area (TPSA) is 53.1 Å².